The molecule has 0 saturated carbocycles. The molecular formula is C19H23N5O2. The van der Waals surface area contributed by atoms with Crippen molar-refractivity contribution in [3.8, 4) is 5.75 Å². The summed E-state index contributed by atoms with van der Waals surface area (Å²) in [5.41, 5.74) is 2.86. The van der Waals surface area contributed by atoms with Gasteiger partial charge in [0.2, 0.25) is 11.9 Å². The number of ether oxygens (including phenoxy) is 1. The van der Waals surface area contributed by atoms with Crippen molar-refractivity contribution in [2.75, 3.05) is 12.4 Å². The van der Waals surface area contributed by atoms with Crippen LogP contribution in [0.25, 0.3) is 10.9 Å². The van der Waals surface area contributed by atoms with Gasteiger partial charge in [-0.1, -0.05) is 25.5 Å². The molecule has 0 aliphatic rings. The molecule has 0 aliphatic heterocycles. The number of anilines is 2. The molecule has 3 rings (SSSR count). The predicted molar refractivity (Wildman–Crippen MR) is 102 cm³/mol. The van der Waals surface area contributed by atoms with Crippen LogP contribution in [0.2, 0.25) is 0 Å². The molecule has 0 radical (unpaired) electrons. The van der Waals surface area contributed by atoms with E-state index in [1.165, 1.54) is 0 Å². The number of fused-ring (bicyclic) bond motifs is 1. The van der Waals surface area contributed by atoms with E-state index < -0.39 is 0 Å². The number of H-pyrrole nitrogens is 1. The number of hydrogen-bond donors (Lipinski definition) is 2. The van der Waals surface area contributed by atoms with Crippen molar-refractivity contribution < 1.29 is 4.74 Å². The summed E-state index contributed by atoms with van der Waals surface area (Å²) in [6.07, 6.45) is 2.73. The van der Waals surface area contributed by atoms with Crippen LogP contribution in [0, 0.1) is 13.8 Å². The summed E-state index contributed by atoms with van der Waals surface area (Å²) in [6, 6.07) is 5.71. The monoisotopic (exact) mass is 353 g/mol. The van der Waals surface area contributed by atoms with Crippen LogP contribution in [-0.2, 0) is 6.42 Å². The fourth-order valence-electron chi connectivity index (χ4n) is 2.92. The minimum absolute atomic E-state index is 0.122. The van der Waals surface area contributed by atoms with E-state index in [9.17, 15) is 4.79 Å². The first-order chi connectivity index (χ1) is 12.5. The van der Waals surface area contributed by atoms with Gasteiger partial charge < -0.3 is 4.74 Å². The molecule has 7 nitrogen and oxygen atoms in total. The van der Waals surface area contributed by atoms with Gasteiger partial charge in [-0.2, -0.15) is 0 Å². The summed E-state index contributed by atoms with van der Waals surface area (Å²) in [6.45, 7) is 5.85. The Kier molecular flexibility index (Phi) is 5.16. The number of nitrogens with zero attached hydrogens (tertiary/aromatic N) is 3. The molecule has 0 fully saturated rings. The fourth-order valence-corrected chi connectivity index (χ4v) is 2.92. The van der Waals surface area contributed by atoms with Crippen molar-refractivity contribution in [1.29, 1.82) is 0 Å². The lowest BCUT2D eigenvalue weighted by atomic mass is 10.1. The average molecular weight is 353 g/mol. The van der Waals surface area contributed by atoms with Crippen molar-refractivity contribution in [2.45, 2.75) is 40.0 Å². The number of para-hydroxylation sites is 1. The van der Waals surface area contributed by atoms with Gasteiger partial charge in [-0.15, -0.1) is 0 Å². The van der Waals surface area contributed by atoms with Crippen LogP contribution in [0.4, 0.5) is 11.9 Å². The number of hydrogen-bond acceptors (Lipinski definition) is 6. The Morgan fingerprint density at radius 1 is 1.15 bits per heavy atom. The van der Waals surface area contributed by atoms with Crippen LogP contribution in [0.3, 0.4) is 0 Å². The van der Waals surface area contributed by atoms with E-state index in [2.05, 4.69) is 32.2 Å². The molecule has 0 spiro atoms. The highest BCUT2D eigenvalue weighted by atomic mass is 16.5. The van der Waals surface area contributed by atoms with E-state index in [1.807, 2.05) is 32.0 Å². The summed E-state index contributed by atoms with van der Waals surface area (Å²) in [5.74, 6) is 1.37. The van der Waals surface area contributed by atoms with Crippen molar-refractivity contribution in [3.63, 3.8) is 0 Å². The van der Waals surface area contributed by atoms with Crippen LogP contribution in [0.5, 0.6) is 5.75 Å². The molecule has 0 bridgehead atoms. The molecule has 0 saturated heterocycles. The maximum Gasteiger partial charge on any atom is 0.255 e. The van der Waals surface area contributed by atoms with Gasteiger partial charge in [0, 0.05) is 16.6 Å². The minimum Gasteiger partial charge on any atom is -0.494 e. The number of rotatable bonds is 6. The van der Waals surface area contributed by atoms with Gasteiger partial charge in [0.05, 0.1) is 12.8 Å². The van der Waals surface area contributed by atoms with Crippen LogP contribution in [0.1, 0.15) is 36.7 Å². The molecule has 2 heterocycles. The SMILES string of the molecule is CCCCc1c(C)nc(Nc2nc(C)c3cccc(OC)c3n2)[nH]c1=O. The fraction of sp³-hybridized carbons (Fsp3) is 0.368. The van der Waals surface area contributed by atoms with Crippen LogP contribution in [-0.4, -0.2) is 27.0 Å². The summed E-state index contributed by atoms with van der Waals surface area (Å²) >= 11 is 0. The van der Waals surface area contributed by atoms with Gasteiger partial charge in [-0.25, -0.2) is 15.0 Å². The number of methoxy groups -OCH3 is 1. The normalized spacial score (nSPS) is 10.9. The van der Waals surface area contributed by atoms with Gasteiger partial charge in [0.25, 0.3) is 5.56 Å². The Labute approximate surface area is 151 Å². The smallest absolute Gasteiger partial charge is 0.255 e. The zero-order valence-corrected chi connectivity index (χ0v) is 15.5. The lowest BCUT2D eigenvalue weighted by Gasteiger charge is -2.11. The second-order valence-electron chi connectivity index (χ2n) is 6.20. The third-order valence-corrected chi connectivity index (χ3v) is 4.33. The molecule has 2 N–H and O–H groups in total. The van der Waals surface area contributed by atoms with Crippen molar-refractivity contribution >= 4 is 22.8 Å². The van der Waals surface area contributed by atoms with E-state index >= 15 is 0 Å². The molecule has 0 aliphatic carbocycles. The van der Waals surface area contributed by atoms with Gasteiger partial charge in [-0.05, 0) is 32.8 Å². The molecule has 0 amide bonds. The highest BCUT2D eigenvalue weighted by molar-refractivity contribution is 5.87. The Bertz CT molecular complexity index is 997. The zero-order chi connectivity index (χ0) is 18.7. The summed E-state index contributed by atoms with van der Waals surface area (Å²) in [5, 5.41) is 3.93. The van der Waals surface area contributed by atoms with E-state index in [1.54, 1.807) is 7.11 Å². The zero-order valence-electron chi connectivity index (χ0n) is 15.5. The standard InChI is InChI=1S/C19H23N5O2/c1-5-6-8-14-12(3)21-19(23-17(14)25)24-18-20-11(2)13-9-7-10-15(26-4)16(13)22-18/h7,9-10H,5-6,8H2,1-4H3,(H2,20,21,22,23,24,25). The van der Waals surface area contributed by atoms with E-state index in [0.717, 1.165) is 41.6 Å². The van der Waals surface area contributed by atoms with Gasteiger partial charge >= 0.3 is 0 Å². The maximum atomic E-state index is 12.3. The number of nitrogens with one attached hydrogen (secondary N) is 2. The Balaban J connectivity index is 1.98. The Hall–Kier alpha value is -2.96. The maximum absolute atomic E-state index is 12.3. The second-order valence-corrected chi connectivity index (χ2v) is 6.20. The lowest BCUT2D eigenvalue weighted by molar-refractivity contribution is 0.419. The Morgan fingerprint density at radius 3 is 2.65 bits per heavy atom. The molecule has 1 aromatic carbocycles. The topological polar surface area (TPSA) is 92.8 Å². The molecule has 0 atom stereocenters. The molecule has 0 unspecified atom stereocenters. The largest absolute Gasteiger partial charge is 0.494 e. The molecular weight excluding hydrogens is 330 g/mol. The summed E-state index contributed by atoms with van der Waals surface area (Å²) in [7, 11) is 1.61. The van der Waals surface area contributed by atoms with E-state index in [-0.39, 0.29) is 5.56 Å². The van der Waals surface area contributed by atoms with E-state index in [4.69, 9.17) is 4.74 Å². The van der Waals surface area contributed by atoms with Crippen LogP contribution < -0.4 is 15.6 Å². The van der Waals surface area contributed by atoms with Crippen LogP contribution >= 0.6 is 0 Å². The van der Waals surface area contributed by atoms with Gasteiger partial charge in [0.15, 0.2) is 0 Å². The highest BCUT2D eigenvalue weighted by Gasteiger charge is 2.12. The van der Waals surface area contributed by atoms with Crippen molar-refractivity contribution in [1.82, 2.24) is 19.9 Å². The quantitative estimate of drug-likeness (QED) is 0.705. The van der Waals surface area contributed by atoms with Crippen LogP contribution in [0.15, 0.2) is 23.0 Å². The van der Waals surface area contributed by atoms with E-state index in [0.29, 0.717) is 23.2 Å². The number of benzene rings is 1. The number of aryl methyl sites for hydroxylation is 2. The Morgan fingerprint density at radius 2 is 1.96 bits per heavy atom. The molecule has 3 aromatic rings. The summed E-state index contributed by atoms with van der Waals surface area (Å²) < 4.78 is 5.39. The lowest BCUT2D eigenvalue weighted by Crippen LogP contribution is -2.18. The first-order valence-corrected chi connectivity index (χ1v) is 8.71. The molecule has 2 aromatic heterocycles. The highest BCUT2D eigenvalue weighted by Crippen LogP contribution is 2.26. The van der Waals surface area contributed by atoms with Crippen molar-refractivity contribution in [2.24, 2.45) is 0 Å². The second kappa shape index (κ2) is 7.51. The first-order valence-electron chi connectivity index (χ1n) is 8.71. The first kappa shape index (κ1) is 17.8. The van der Waals surface area contributed by atoms with Gasteiger partial charge in [-0.3, -0.25) is 15.1 Å². The predicted octanol–water partition coefficient (Wildman–Crippen LogP) is 3.42. The summed E-state index contributed by atoms with van der Waals surface area (Å²) in [4.78, 5) is 28.6. The molecule has 136 valence electrons. The number of aromatic amines is 1. The average Bonchev–Trinajstić information content (AvgIpc) is 2.60. The molecule has 26 heavy (non-hydrogen) atoms. The molecule has 7 heteroatoms. The van der Waals surface area contributed by atoms with Crippen molar-refractivity contribution in [3.05, 3.63) is 45.5 Å². The third kappa shape index (κ3) is 3.51. The third-order valence-electron chi connectivity index (χ3n) is 4.33. The number of aromatic nitrogens is 4. The minimum atomic E-state index is -0.122. The number of unbranched alkanes of at least 4 members (excludes halogenated alkanes) is 1. The van der Waals surface area contributed by atoms with Gasteiger partial charge in [0.1, 0.15) is 11.3 Å².